The molecule has 1 aliphatic heterocycles. The fraction of sp³-hybridized carbons (Fsp3) is 0.268. The molecule has 0 saturated carbocycles. The van der Waals surface area contributed by atoms with Crippen molar-refractivity contribution < 1.29 is 47.2 Å². The molecule has 0 radical (unpaired) electrons. The number of rotatable bonds is 11. The van der Waals surface area contributed by atoms with Gasteiger partial charge in [0.1, 0.15) is 23.0 Å². The molecule has 4 aromatic carbocycles. The quantitative estimate of drug-likeness (QED) is 0.0692. The Labute approximate surface area is 300 Å². The van der Waals surface area contributed by atoms with E-state index in [4.69, 9.17) is 32.8 Å². The predicted octanol–water partition coefficient (Wildman–Crippen LogP) is 6.01. The average molecular weight is 707 g/mol. The largest absolute Gasteiger partial charge is 0.461 e. The van der Waals surface area contributed by atoms with Crippen molar-refractivity contribution in [3.63, 3.8) is 0 Å². The highest BCUT2D eigenvalue weighted by Crippen LogP contribution is 2.42. The Bertz CT molecular complexity index is 1980. The van der Waals surface area contributed by atoms with E-state index in [1.165, 1.54) is 32.9 Å². The van der Waals surface area contributed by atoms with Gasteiger partial charge in [-0.1, -0.05) is 91.0 Å². The highest BCUT2D eigenvalue weighted by Gasteiger charge is 2.54. The number of esters is 3. The van der Waals surface area contributed by atoms with Gasteiger partial charge in [0.15, 0.2) is 12.2 Å². The van der Waals surface area contributed by atoms with Gasteiger partial charge in [0.25, 0.3) is 0 Å². The molecule has 1 aliphatic rings. The fourth-order valence-corrected chi connectivity index (χ4v) is 6.57. The van der Waals surface area contributed by atoms with E-state index in [2.05, 4.69) is 0 Å². The van der Waals surface area contributed by atoms with Gasteiger partial charge in [-0.25, -0.2) is 4.79 Å². The van der Waals surface area contributed by atoms with Gasteiger partial charge in [-0.05, 0) is 41.3 Å². The first-order valence-corrected chi connectivity index (χ1v) is 16.7. The van der Waals surface area contributed by atoms with E-state index < -0.39 is 59.8 Å². The summed E-state index contributed by atoms with van der Waals surface area (Å²) >= 11 is 0. The molecule has 52 heavy (non-hydrogen) atoms. The Balaban J connectivity index is 1.45. The van der Waals surface area contributed by atoms with Crippen molar-refractivity contribution in [1.29, 1.82) is 0 Å². The van der Waals surface area contributed by atoms with Crippen molar-refractivity contribution >= 4 is 28.9 Å². The van der Waals surface area contributed by atoms with E-state index >= 15 is 0 Å². The zero-order valence-electron chi connectivity index (χ0n) is 29.1. The van der Waals surface area contributed by atoms with E-state index in [1.807, 2.05) is 91.0 Å². The van der Waals surface area contributed by atoms with E-state index in [0.29, 0.717) is 10.9 Å². The first kappa shape index (κ1) is 36.0. The van der Waals surface area contributed by atoms with Gasteiger partial charge in [0, 0.05) is 38.3 Å². The molecule has 6 rings (SSSR count). The number of hydrogen-bond donors (Lipinski definition) is 0. The second-order valence-corrected chi connectivity index (χ2v) is 12.4. The number of carbonyl (C=O) groups is 3. The molecular weight excluding hydrogens is 668 g/mol. The van der Waals surface area contributed by atoms with Crippen LogP contribution in [0.5, 0.6) is 5.75 Å². The lowest BCUT2D eigenvalue weighted by Gasteiger charge is -2.45. The number of benzene rings is 4. The second kappa shape index (κ2) is 15.6. The molecule has 11 heteroatoms. The standard InChI is InChI=1S/C41H38O11/c1-25-22-36(45)51-34-23-32(20-21-33(25)34)50-40-39(49-28(4)44)38(48-27(3)43)37(47-26(2)42)35(52-40)24-46-41(29-14-8-5-9-15-29,30-16-10-6-11-17-30)31-18-12-7-13-19-31/h5-23,35,37-40H,24H2,1-4H3. The maximum absolute atomic E-state index is 12.6. The molecule has 0 amide bonds. The molecule has 2 heterocycles. The lowest BCUT2D eigenvalue weighted by Crippen LogP contribution is -2.63. The lowest BCUT2D eigenvalue weighted by molar-refractivity contribution is -0.292. The Kier molecular flexibility index (Phi) is 10.8. The molecule has 0 bridgehead atoms. The van der Waals surface area contributed by atoms with Gasteiger partial charge < -0.3 is 32.8 Å². The summed E-state index contributed by atoms with van der Waals surface area (Å²) in [5, 5.41) is 0.686. The molecule has 1 saturated heterocycles. The van der Waals surface area contributed by atoms with Crippen LogP contribution < -0.4 is 10.4 Å². The smallest absolute Gasteiger partial charge is 0.336 e. The monoisotopic (exact) mass is 706 g/mol. The number of carbonyl (C=O) groups excluding carboxylic acids is 3. The van der Waals surface area contributed by atoms with Crippen LogP contribution in [0.25, 0.3) is 11.0 Å². The summed E-state index contributed by atoms with van der Waals surface area (Å²) in [5.74, 6) is -1.96. The van der Waals surface area contributed by atoms with Crippen LogP contribution in [0.15, 0.2) is 124 Å². The van der Waals surface area contributed by atoms with Crippen LogP contribution in [0.2, 0.25) is 0 Å². The van der Waals surface area contributed by atoms with Crippen LogP contribution in [0, 0.1) is 6.92 Å². The Morgan fingerprint density at radius 2 is 1.15 bits per heavy atom. The number of hydrogen-bond acceptors (Lipinski definition) is 11. The zero-order chi connectivity index (χ0) is 36.8. The third-order valence-electron chi connectivity index (χ3n) is 8.68. The van der Waals surface area contributed by atoms with Crippen molar-refractivity contribution in [2.75, 3.05) is 6.61 Å². The van der Waals surface area contributed by atoms with Gasteiger partial charge in [-0.2, -0.15) is 0 Å². The topological polar surface area (TPSA) is 137 Å². The first-order valence-electron chi connectivity index (χ1n) is 16.7. The Morgan fingerprint density at radius 3 is 1.67 bits per heavy atom. The normalized spacial score (nSPS) is 20.1. The predicted molar refractivity (Wildman–Crippen MR) is 188 cm³/mol. The third-order valence-corrected chi connectivity index (χ3v) is 8.68. The van der Waals surface area contributed by atoms with Crippen molar-refractivity contribution in [3.8, 4) is 5.75 Å². The molecule has 268 valence electrons. The number of fused-ring (bicyclic) bond motifs is 1. The minimum atomic E-state index is -1.41. The first-order chi connectivity index (χ1) is 25.0. The number of ether oxygens (including phenoxy) is 6. The maximum Gasteiger partial charge on any atom is 0.336 e. The van der Waals surface area contributed by atoms with Crippen molar-refractivity contribution in [1.82, 2.24) is 0 Å². The molecule has 0 spiro atoms. The van der Waals surface area contributed by atoms with Crippen molar-refractivity contribution in [2.24, 2.45) is 0 Å². The molecule has 1 fully saturated rings. The third kappa shape index (κ3) is 7.75. The summed E-state index contributed by atoms with van der Waals surface area (Å²) in [7, 11) is 0. The van der Waals surface area contributed by atoms with Gasteiger partial charge in [0.05, 0.1) is 6.61 Å². The highest BCUT2D eigenvalue weighted by molar-refractivity contribution is 5.81. The average Bonchev–Trinajstić information content (AvgIpc) is 3.12. The number of aryl methyl sites for hydroxylation is 1. The SMILES string of the molecule is CC(=O)OC1C(COC(c2ccccc2)(c2ccccc2)c2ccccc2)OC(Oc2ccc3c(C)cc(=O)oc3c2)C(OC(C)=O)C1OC(C)=O. The van der Waals surface area contributed by atoms with Gasteiger partial charge >= 0.3 is 23.5 Å². The van der Waals surface area contributed by atoms with Gasteiger partial charge in [-0.3, -0.25) is 14.4 Å². The minimum absolute atomic E-state index is 0.197. The summed E-state index contributed by atoms with van der Waals surface area (Å²) in [6.07, 6.45) is -6.63. The molecular formula is C41H38O11. The molecule has 0 aliphatic carbocycles. The summed E-state index contributed by atoms with van der Waals surface area (Å²) in [6.45, 7) is 5.13. The van der Waals surface area contributed by atoms with Crippen LogP contribution in [-0.4, -0.2) is 55.2 Å². The maximum atomic E-state index is 12.6. The van der Waals surface area contributed by atoms with E-state index in [0.717, 1.165) is 16.7 Å². The van der Waals surface area contributed by atoms with Crippen molar-refractivity contribution in [3.05, 3.63) is 148 Å². The van der Waals surface area contributed by atoms with E-state index in [9.17, 15) is 19.2 Å². The van der Waals surface area contributed by atoms with Crippen molar-refractivity contribution in [2.45, 2.75) is 64.0 Å². The van der Waals surface area contributed by atoms with Crippen LogP contribution in [0.3, 0.4) is 0 Å². The lowest BCUT2D eigenvalue weighted by atomic mass is 9.80. The highest BCUT2D eigenvalue weighted by atomic mass is 16.7. The molecule has 5 unspecified atom stereocenters. The minimum Gasteiger partial charge on any atom is -0.461 e. The van der Waals surface area contributed by atoms with Crippen LogP contribution >= 0.6 is 0 Å². The molecule has 11 nitrogen and oxygen atoms in total. The molecule has 5 atom stereocenters. The summed E-state index contributed by atoms with van der Waals surface area (Å²) < 4.78 is 42.4. The molecule has 0 N–H and O–H groups in total. The summed E-state index contributed by atoms with van der Waals surface area (Å²) in [4.78, 5) is 49.8. The Morgan fingerprint density at radius 1 is 0.654 bits per heavy atom. The molecule has 5 aromatic rings. The van der Waals surface area contributed by atoms with Gasteiger partial charge in [-0.15, -0.1) is 0 Å². The van der Waals surface area contributed by atoms with Crippen LogP contribution in [-0.2, 0) is 43.7 Å². The van der Waals surface area contributed by atoms with E-state index in [1.54, 1.807) is 19.1 Å². The van der Waals surface area contributed by atoms with Crippen LogP contribution in [0.1, 0.15) is 43.0 Å². The van der Waals surface area contributed by atoms with E-state index in [-0.39, 0.29) is 17.9 Å². The second-order valence-electron chi connectivity index (χ2n) is 12.4. The zero-order valence-corrected chi connectivity index (χ0v) is 29.1. The van der Waals surface area contributed by atoms with Crippen LogP contribution in [0.4, 0.5) is 0 Å². The summed E-state index contributed by atoms with van der Waals surface area (Å²) in [5.41, 5.74) is 1.66. The Hall–Kier alpha value is -5.78. The molecule has 1 aromatic heterocycles. The fourth-order valence-electron chi connectivity index (χ4n) is 6.57. The van der Waals surface area contributed by atoms with Gasteiger partial charge in [0.2, 0.25) is 12.4 Å². The summed E-state index contributed by atoms with van der Waals surface area (Å²) in [6, 6.07) is 35.2.